The molecule has 2 aliphatic heterocycles. The number of anilines is 2. The third kappa shape index (κ3) is 3.44. The Kier molecular flexibility index (Phi) is 4.84. The van der Waals surface area contributed by atoms with Crippen molar-refractivity contribution in [3.63, 3.8) is 0 Å². The first kappa shape index (κ1) is 18.4. The van der Waals surface area contributed by atoms with Gasteiger partial charge in [0.2, 0.25) is 0 Å². The van der Waals surface area contributed by atoms with Crippen molar-refractivity contribution in [1.29, 1.82) is 0 Å². The van der Waals surface area contributed by atoms with E-state index in [9.17, 15) is 0 Å². The van der Waals surface area contributed by atoms with Gasteiger partial charge in [-0.05, 0) is 31.7 Å². The van der Waals surface area contributed by atoms with Gasteiger partial charge in [0, 0.05) is 55.4 Å². The standard InChI is InChI=1S/C24H29N5/c1-18(2)27-12-14-28(15-13-27)24-21-10-11-29(16-22(21)25-17-26-24)23-9-5-7-19-6-3-4-8-20(19)23/h3-9,17-18H,10-16H2,1-2H3. The quantitative estimate of drug-likeness (QED) is 0.684. The van der Waals surface area contributed by atoms with E-state index in [0.29, 0.717) is 6.04 Å². The molecule has 5 rings (SSSR count). The first-order chi connectivity index (χ1) is 14.2. The number of benzene rings is 2. The second kappa shape index (κ2) is 7.64. The molecule has 2 aromatic carbocycles. The van der Waals surface area contributed by atoms with Gasteiger partial charge in [-0.3, -0.25) is 4.90 Å². The molecule has 0 unspecified atom stereocenters. The van der Waals surface area contributed by atoms with E-state index in [1.807, 2.05) is 0 Å². The van der Waals surface area contributed by atoms with E-state index in [4.69, 9.17) is 4.98 Å². The Morgan fingerprint density at radius 2 is 1.62 bits per heavy atom. The minimum atomic E-state index is 0.616. The third-order valence-electron chi connectivity index (χ3n) is 6.44. The summed E-state index contributed by atoms with van der Waals surface area (Å²) in [4.78, 5) is 16.9. The van der Waals surface area contributed by atoms with Crippen molar-refractivity contribution in [2.24, 2.45) is 0 Å². The lowest BCUT2D eigenvalue weighted by molar-refractivity contribution is 0.209. The molecule has 0 bridgehead atoms. The third-order valence-corrected chi connectivity index (χ3v) is 6.44. The molecular weight excluding hydrogens is 358 g/mol. The Labute approximate surface area is 173 Å². The fourth-order valence-corrected chi connectivity index (χ4v) is 4.75. The van der Waals surface area contributed by atoms with Crippen molar-refractivity contribution in [1.82, 2.24) is 14.9 Å². The zero-order valence-electron chi connectivity index (χ0n) is 17.4. The molecule has 5 heteroatoms. The highest BCUT2D eigenvalue weighted by Crippen LogP contribution is 2.32. The zero-order valence-corrected chi connectivity index (χ0v) is 17.4. The lowest BCUT2D eigenvalue weighted by atomic mass is 10.0. The number of nitrogens with zero attached hydrogens (tertiary/aromatic N) is 5. The maximum absolute atomic E-state index is 4.71. The number of piperazine rings is 1. The predicted molar refractivity (Wildman–Crippen MR) is 120 cm³/mol. The number of fused-ring (bicyclic) bond motifs is 2. The summed E-state index contributed by atoms with van der Waals surface area (Å²) in [7, 11) is 0. The molecule has 0 aliphatic carbocycles. The highest BCUT2D eigenvalue weighted by atomic mass is 15.3. The van der Waals surface area contributed by atoms with Crippen LogP contribution in [0.4, 0.5) is 11.5 Å². The molecule has 2 aliphatic rings. The van der Waals surface area contributed by atoms with Crippen LogP contribution in [0.3, 0.4) is 0 Å². The van der Waals surface area contributed by atoms with Crippen molar-refractivity contribution < 1.29 is 0 Å². The summed E-state index contributed by atoms with van der Waals surface area (Å²) < 4.78 is 0. The minimum Gasteiger partial charge on any atom is -0.365 e. The lowest BCUT2D eigenvalue weighted by Gasteiger charge is -2.39. The summed E-state index contributed by atoms with van der Waals surface area (Å²) in [5.41, 5.74) is 3.84. The lowest BCUT2D eigenvalue weighted by Crippen LogP contribution is -2.49. The van der Waals surface area contributed by atoms with E-state index >= 15 is 0 Å². The Morgan fingerprint density at radius 3 is 2.45 bits per heavy atom. The first-order valence-corrected chi connectivity index (χ1v) is 10.7. The maximum atomic E-state index is 4.71. The summed E-state index contributed by atoms with van der Waals surface area (Å²) in [5.74, 6) is 1.16. The van der Waals surface area contributed by atoms with E-state index in [1.54, 1.807) is 6.33 Å². The molecule has 150 valence electrons. The Hall–Kier alpha value is -2.66. The van der Waals surface area contributed by atoms with Crippen molar-refractivity contribution >= 4 is 22.3 Å². The smallest absolute Gasteiger partial charge is 0.135 e. The van der Waals surface area contributed by atoms with Crippen LogP contribution < -0.4 is 9.80 Å². The highest BCUT2D eigenvalue weighted by Gasteiger charge is 2.26. The molecular formula is C24H29N5. The molecule has 1 saturated heterocycles. The molecule has 0 radical (unpaired) electrons. The molecule has 0 N–H and O–H groups in total. The first-order valence-electron chi connectivity index (χ1n) is 10.7. The molecule has 29 heavy (non-hydrogen) atoms. The normalized spacial score (nSPS) is 17.8. The van der Waals surface area contributed by atoms with Gasteiger partial charge in [0.05, 0.1) is 12.2 Å². The van der Waals surface area contributed by atoms with Crippen LogP contribution in [0.25, 0.3) is 10.8 Å². The SMILES string of the molecule is CC(C)N1CCN(c2ncnc3c2CCN(c2cccc4ccccc24)C3)CC1. The molecule has 5 nitrogen and oxygen atoms in total. The van der Waals surface area contributed by atoms with Crippen molar-refractivity contribution in [2.45, 2.75) is 32.9 Å². The Morgan fingerprint density at radius 1 is 0.828 bits per heavy atom. The second-order valence-corrected chi connectivity index (χ2v) is 8.41. The topological polar surface area (TPSA) is 35.5 Å². The summed E-state index contributed by atoms with van der Waals surface area (Å²) in [5, 5.41) is 2.61. The van der Waals surface area contributed by atoms with E-state index < -0.39 is 0 Å². The summed E-state index contributed by atoms with van der Waals surface area (Å²) in [6, 6.07) is 15.8. The Bertz CT molecular complexity index is 1000. The summed E-state index contributed by atoms with van der Waals surface area (Å²) >= 11 is 0. The van der Waals surface area contributed by atoms with Crippen LogP contribution in [-0.2, 0) is 13.0 Å². The molecule has 0 spiro atoms. The van der Waals surface area contributed by atoms with Gasteiger partial charge in [0.15, 0.2) is 0 Å². The average Bonchev–Trinajstić information content (AvgIpc) is 2.78. The largest absolute Gasteiger partial charge is 0.365 e. The van der Waals surface area contributed by atoms with Gasteiger partial charge in [-0.15, -0.1) is 0 Å². The van der Waals surface area contributed by atoms with E-state index in [2.05, 4.69) is 76.0 Å². The van der Waals surface area contributed by atoms with E-state index in [1.165, 1.54) is 27.7 Å². The number of hydrogen-bond acceptors (Lipinski definition) is 5. The maximum Gasteiger partial charge on any atom is 0.135 e. The van der Waals surface area contributed by atoms with Crippen LogP contribution in [0.15, 0.2) is 48.8 Å². The van der Waals surface area contributed by atoms with Crippen LogP contribution >= 0.6 is 0 Å². The van der Waals surface area contributed by atoms with Crippen LogP contribution in [0.2, 0.25) is 0 Å². The fourth-order valence-electron chi connectivity index (χ4n) is 4.75. The molecule has 3 heterocycles. The van der Waals surface area contributed by atoms with Crippen molar-refractivity contribution in [2.75, 3.05) is 42.5 Å². The van der Waals surface area contributed by atoms with Gasteiger partial charge < -0.3 is 9.80 Å². The van der Waals surface area contributed by atoms with Gasteiger partial charge >= 0.3 is 0 Å². The molecule has 0 saturated carbocycles. The van der Waals surface area contributed by atoms with Gasteiger partial charge in [-0.2, -0.15) is 0 Å². The molecule has 0 atom stereocenters. The molecule has 0 amide bonds. The van der Waals surface area contributed by atoms with Crippen LogP contribution in [-0.4, -0.2) is 53.6 Å². The van der Waals surface area contributed by atoms with Gasteiger partial charge in [0.1, 0.15) is 12.1 Å². The van der Waals surface area contributed by atoms with Crippen LogP contribution in [0, 0.1) is 0 Å². The van der Waals surface area contributed by atoms with Crippen LogP contribution in [0.5, 0.6) is 0 Å². The number of hydrogen-bond donors (Lipinski definition) is 0. The second-order valence-electron chi connectivity index (χ2n) is 8.41. The monoisotopic (exact) mass is 387 g/mol. The van der Waals surface area contributed by atoms with Crippen molar-refractivity contribution in [3.8, 4) is 0 Å². The van der Waals surface area contributed by atoms with Gasteiger partial charge in [0.25, 0.3) is 0 Å². The van der Waals surface area contributed by atoms with E-state index in [-0.39, 0.29) is 0 Å². The van der Waals surface area contributed by atoms with Crippen molar-refractivity contribution in [3.05, 3.63) is 60.0 Å². The van der Waals surface area contributed by atoms with Crippen LogP contribution in [0.1, 0.15) is 25.1 Å². The predicted octanol–water partition coefficient (Wildman–Crippen LogP) is 3.72. The minimum absolute atomic E-state index is 0.616. The summed E-state index contributed by atoms with van der Waals surface area (Å²) in [6.45, 7) is 10.7. The summed E-state index contributed by atoms with van der Waals surface area (Å²) in [6.07, 6.45) is 2.76. The van der Waals surface area contributed by atoms with Gasteiger partial charge in [-0.25, -0.2) is 9.97 Å². The number of rotatable bonds is 3. The molecule has 1 fully saturated rings. The average molecular weight is 388 g/mol. The highest BCUT2D eigenvalue weighted by molar-refractivity contribution is 5.94. The fraction of sp³-hybridized carbons (Fsp3) is 0.417. The van der Waals surface area contributed by atoms with Gasteiger partial charge in [-0.1, -0.05) is 36.4 Å². The number of aromatic nitrogens is 2. The zero-order chi connectivity index (χ0) is 19.8. The Balaban J connectivity index is 1.40. The van der Waals surface area contributed by atoms with E-state index in [0.717, 1.165) is 51.5 Å². The molecule has 1 aromatic heterocycles. The molecule has 3 aromatic rings.